The Hall–Kier alpha value is -0.880. The predicted molar refractivity (Wildman–Crippen MR) is 64.3 cm³/mol. The van der Waals surface area contributed by atoms with Crippen molar-refractivity contribution in [2.45, 2.75) is 18.9 Å². The first kappa shape index (κ1) is 11.6. The SMILES string of the molecule is CN1CCC(NC(=O)c2[nH]ncc2Br)CC1. The smallest absolute Gasteiger partial charge is 0.270 e. The summed E-state index contributed by atoms with van der Waals surface area (Å²) in [4.78, 5) is 14.1. The molecule has 1 saturated heterocycles. The fraction of sp³-hybridized carbons (Fsp3) is 0.600. The molecular weight excluding hydrogens is 272 g/mol. The van der Waals surface area contributed by atoms with E-state index in [-0.39, 0.29) is 11.9 Å². The van der Waals surface area contributed by atoms with Crippen LogP contribution in [0.3, 0.4) is 0 Å². The van der Waals surface area contributed by atoms with Gasteiger partial charge in [0.05, 0.1) is 10.7 Å². The number of nitrogens with zero attached hydrogens (tertiary/aromatic N) is 2. The quantitative estimate of drug-likeness (QED) is 0.853. The highest BCUT2D eigenvalue weighted by molar-refractivity contribution is 9.10. The van der Waals surface area contributed by atoms with Crippen molar-refractivity contribution in [3.05, 3.63) is 16.4 Å². The largest absolute Gasteiger partial charge is 0.348 e. The summed E-state index contributed by atoms with van der Waals surface area (Å²) in [7, 11) is 2.10. The molecule has 1 aromatic heterocycles. The van der Waals surface area contributed by atoms with Crippen molar-refractivity contribution in [1.82, 2.24) is 20.4 Å². The molecule has 5 nitrogen and oxygen atoms in total. The van der Waals surface area contributed by atoms with E-state index < -0.39 is 0 Å². The van der Waals surface area contributed by atoms with Crippen molar-refractivity contribution in [3.63, 3.8) is 0 Å². The average molecular weight is 287 g/mol. The number of carbonyl (C=O) groups excluding carboxylic acids is 1. The van der Waals surface area contributed by atoms with Gasteiger partial charge < -0.3 is 10.2 Å². The minimum Gasteiger partial charge on any atom is -0.348 e. The first-order valence-corrected chi connectivity index (χ1v) is 6.14. The molecule has 0 radical (unpaired) electrons. The van der Waals surface area contributed by atoms with Crippen molar-refractivity contribution < 1.29 is 4.79 Å². The summed E-state index contributed by atoms with van der Waals surface area (Å²) in [5.41, 5.74) is 0.499. The summed E-state index contributed by atoms with van der Waals surface area (Å²) in [5.74, 6) is -0.0843. The van der Waals surface area contributed by atoms with E-state index in [4.69, 9.17) is 0 Å². The van der Waals surface area contributed by atoms with Crippen LogP contribution >= 0.6 is 15.9 Å². The summed E-state index contributed by atoms with van der Waals surface area (Å²) < 4.78 is 0.706. The van der Waals surface area contributed by atoms with Gasteiger partial charge in [-0.25, -0.2) is 0 Å². The van der Waals surface area contributed by atoms with Crippen molar-refractivity contribution >= 4 is 21.8 Å². The standard InChI is InChI=1S/C10H15BrN4O/c1-15-4-2-7(3-5-15)13-10(16)9-8(11)6-12-14-9/h6-7H,2-5H2,1H3,(H,12,14)(H,13,16). The number of hydrogen-bond acceptors (Lipinski definition) is 3. The first-order valence-electron chi connectivity index (χ1n) is 5.35. The van der Waals surface area contributed by atoms with Crippen LogP contribution in [0.5, 0.6) is 0 Å². The third kappa shape index (κ3) is 2.62. The van der Waals surface area contributed by atoms with E-state index in [0.717, 1.165) is 25.9 Å². The number of aromatic nitrogens is 2. The predicted octanol–water partition coefficient (Wildman–Crippen LogP) is 0.996. The Kier molecular flexibility index (Phi) is 3.60. The fourth-order valence-corrected chi connectivity index (χ4v) is 2.21. The molecule has 0 bridgehead atoms. The fourth-order valence-electron chi connectivity index (χ4n) is 1.84. The van der Waals surface area contributed by atoms with Gasteiger partial charge in [-0.1, -0.05) is 0 Å². The van der Waals surface area contributed by atoms with Crippen molar-refractivity contribution in [2.75, 3.05) is 20.1 Å². The Labute approximate surface area is 103 Å². The van der Waals surface area contributed by atoms with E-state index in [2.05, 4.69) is 43.4 Å². The molecule has 1 aliphatic heterocycles. The van der Waals surface area contributed by atoms with Crippen LogP contribution < -0.4 is 5.32 Å². The minimum absolute atomic E-state index is 0.0843. The Morgan fingerprint density at radius 1 is 1.62 bits per heavy atom. The maximum atomic E-state index is 11.9. The van der Waals surface area contributed by atoms with E-state index in [1.54, 1.807) is 6.20 Å². The molecule has 1 fully saturated rings. The second-order valence-corrected chi connectivity index (χ2v) is 5.00. The van der Waals surface area contributed by atoms with Crippen LogP contribution in [0.1, 0.15) is 23.3 Å². The molecule has 6 heteroatoms. The van der Waals surface area contributed by atoms with Gasteiger partial charge in [-0.05, 0) is 48.9 Å². The molecule has 0 saturated carbocycles. The third-order valence-corrected chi connectivity index (χ3v) is 3.48. The Balaban J connectivity index is 1.91. The zero-order valence-electron chi connectivity index (χ0n) is 9.16. The molecule has 2 heterocycles. The van der Waals surface area contributed by atoms with Crippen molar-refractivity contribution in [3.8, 4) is 0 Å². The normalized spacial score (nSPS) is 18.6. The third-order valence-electron chi connectivity index (χ3n) is 2.87. The van der Waals surface area contributed by atoms with Crippen LogP contribution in [-0.4, -0.2) is 47.2 Å². The van der Waals surface area contributed by atoms with Gasteiger partial charge in [0.15, 0.2) is 0 Å². The number of hydrogen-bond donors (Lipinski definition) is 2. The summed E-state index contributed by atoms with van der Waals surface area (Å²) in [6.07, 6.45) is 3.60. The van der Waals surface area contributed by atoms with E-state index in [1.165, 1.54) is 0 Å². The van der Waals surface area contributed by atoms with Gasteiger partial charge in [0.25, 0.3) is 5.91 Å². The topological polar surface area (TPSA) is 61.0 Å². The molecule has 1 aliphatic rings. The Bertz CT molecular complexity index is 371. The van der Waals surface area contributed by atoms with Crippen LogP contribution in [-0.2, 0) is 0 Å². The number of piperidine rings is 1. The number of aromatic amines is 1. The van der Waals surface area contributed by atoms with Gasteiger partial charge >= 0.3 is 0 Å². The van der Waals surface area contributed by atoms with Gasteiger partial charge in [0, 0.05) is 6.04 Å². The molecule has 1 aromatic rings. The van der Waals surface area contributed by atoms with Crippen LogP contribution in [0.2, 0.25) is 0 Å². The highest BCUT2D eigenvalue weighted by Gasteiger charge is 2.20. The average Bonchev–Trinajstić information content (AvgIpc) is 2.68. The number of carbonyl (C=O) groups is 1. The molecule has 1 amide bonds. The number of H-pyrrole nitrogens is 1. The zero-order valence-corrected chi connectivity index (χ0v) is 10.7. The lowest BCUT2D eigenvalue weighted by atomic mass is 10.1. The Morgan fingerprint density at radius 3 is 2.88 bits per heavy atom. The van der Waals surface area contributed by atoms with Gasteiger partial charge in [0.2, 0.25) is 0 Å². The van der Waals surface area contributed by atoms with Gasteiger partial charge in [0.1, 0.15) is 5.69 Å². The molecule has 0 unspecified atom stereocenters. The zero-order chi connectivity index (χ0) is 11.5. The molecule has 2 N–H and O–H groups in total. The summed E-state index contributed by atoms with van der Waals surface area (Å²) in [5, 5.41) is 9.51. The van der Waals surface area contributed by atoms with E-state index in [1.807, 2.05) is 0 Å². The minimum atomic E-state index is -0.0843. The molecule has 2 rings (SSSR count). The highest BCUT2D eigenvalue weighted by Crippen LogP contribution is 2.14. The van der Waals surface area contributed by atoms with Gasteiger partial charge in [-0.2, -0.15) is 5.10 Å². The molecule has 0 aromatic carbocycles. The molecule has 0 atom stereocenters. The maximum Gasteiger partial charge on any atom is 0.270 e. The molecule has 88 valence electrons. The summed E-state index contributed by atoms with van der Waals surface area (Å²) in [6.45, 7) is 2.07. The number of amides is 1. The molecular formula is C10H15BrN4O. The second-order valence-electron chi connectivity index (χ2n) is 4.14. The second kappa shape index (κ2) is 4.97. The maximum absolute atomic E-state index is 11.9. The molecule has 16 heavy (non-hydrogen) atoms. The lowest BCUT2D eigenvalue weighted by Gasteiger charge is -2.29. The van der Waals surface area contributed by atoms with Crippen LogP contribution in [0.15, 0.2) is 10.7 Å². The van der Waals surface area contributed by atoms with Crippen molar-refractivity contribution in [1.29, 1.82) is 0 Å². The van der Waals surface area contributed by atoms with Gasteiger partial charge in [-0.15, -0.1) is 0 Å². The van der Waals surface area contributed by atoms with Gasteiger partial charge in [-0.3, -0.25) is 9.89 Å². The first-order chi connectivity index (χ1) is 7.66. The number of nitrogens with one attached hydrogen (secondary N) is 2. The van der Waals surface area contributed by atoms with E-state index in [9.17, 15) is 4.79 Å². The van der Waals surface area contributed by atoms with E-state index >= 15 is 0 Å². The number of halogens is 1. The monoisotopic (exact) mass is 286 g/mol. The molecule has 0 aliphatic carbocycles. The van der Waals surface area contributed by atoms with Crippen LogP contribution in [0, 0.1) is 0 Å². The van der Waals surface area contributed by atoms with Crippen molar-refractivity contribution in [2.24, 2.45) is 0 Å². The number of likely N-dealkylation sites (tertiary alicyclic amines) is 1. The van der Waals surface area contributed by atoms with Crippen LogP contribution in [0.4, 0.5) is 0 Å². The Morgan fingerprint density at radius 2 is 2.31 bits per heavy atom. The summed E-state index contributed by atoms with van der Waals surface area (Å²) in [6, 6.07) is 0.277. The van der Waals surface area contributed by atoms with Crippen LogP contribution in [0.25, 0.3) is 0 Å². The molecule has 0 spiro atoms. The lowest BCUT2D eigenvalue weighted by Crippen LogP contribution is -2.43. The lowest BCUT2D eigenvalue weighted by molar-refractivity contribution is 0.0911. The van der Waals surface area contributed by atoms with E-state index in [0.29, 0.717) is 10.2 Å². The number of rotatable bonds is 2. The highest BCUT2D eigenvalue weighted by atomic mass is 79.9. The summed E-state index contributed by atoms with van der Waals surface area (Å²) >= 11 is 3.28.